The molecular formula is C30H31N3O2S. The van der Waals surface area contributed by atoms with Gasteiger partial charge in [0.15, 0.2) is 0 Å². The number of nitrogens with one attached hydrogen (secondary N) is 1. The van der Waals surface area contributed by atoms with E-state index in [1.807, 2.05) is 47.4 Å². The van der Waals surface area contributed by atoms with Crippen LogP contribution in [-0.4, -0.2) is 22.1 Å². The molecule has 0 fully saturated rings. The van der Waals surface area contributed by atoms with E-state index in [2.05, 4.69) is 59.4 Å². The number of aromatic nitrogens is 1. The molecule has 0 saturated heterocycles. The van der Waals surface area contributed by atoms with E-state index in [-0.39, 0.29) is 12.1 Å². The maximum absolute atomic E-state index is 14.1. The summed E-state index contributed by atoms with van der Waals surface area (Å²) in [7, 11) is 0. The van der Waals surface area contributed by atoms with E-state index in [1.165, 1.54) is 39.4 Å². The Morgan fingerprint density at radius 1 is 1.03 bits per heavy atom. The van der Waals surface area contributed by atoms with E-state index in [1.54, 1.807) is 0 Å². The Bertz CT molecular complexity index is 1400. The molecule has 1 N–H and O–H groups in total. The van der Waals surface area contributed by atoms with Crippen LogP contribution in [0.5, 0.6) is 5.75 Å². The van der Waals surface area contributed by atoms with Crippen molar-refractivity contribution in [1.29, 1.82) is 0 Å². The minimum Gasteiger partial charge on any atom is -0.492 e. The second kappa shape index (κ2) is 9.51. The fourth-order valence-corrected chi connectivity index (χ4v) is 6.93. The highest BCUT2D eigenvalue weighted by molar-refractivity contribution is 7.15. The van der Waals surface area contributed by atoms with Crippen LogP contribution in [0.25, 0.3) is 5.00 Å². The van der Waals surface area contributed by atoms with Crippen molar-refractivity contribution in [3.8, 4) is 10.8 Å². The van der Waals surface area contributed by atoms with Gasteiger partial charge >= 0.3 is 6.03 Å². The van der Waals surface area contributed by atoms with Crippen LogP contribution in [0, 0.1) is 6.92 Å². The summed E-state index contributed by atoms with van der Waals surface area (Å²) in [6, 6.07) is 20.2. The van der Waals surface area contributed by atoms with Crippen LogP contribution >= 0.6 is 11.3 Å². The fraction of sp³-hybridized carbons (Fsp3) is 0.300. The Hall–Kier alpha value is -3.51. The monoisotopic (exact) mass is 497 g/mol. The number of para-hydroxylation sites is 2. The van der Waals surface area contributed by atoms with Crippen molar-refractivity contribution in [3.63, 3.8) is 0 Å². The van der Waals surface area contributed by atoms with Crippen LogP contribution in [0.4, 0.5) is 10.5 Å². The number of carbonyl (C=O) groups is 1. The van der Waals surface area contributed by atoms with Gasteiger partial charge in [-0.1, -0.05) is 42.0 Å². The van der Waals surface area contributed by atoms with Crippen molar-refractivity contribution in [2.45, 2.75) is 52.1 Å². The summed E-state index contributed by atoms with van der Waals surface area (Å²) in [4.78, 5) is 17.6. The Labute approximate surface area is 216 Å². The number of nitrogens with zero attached hydrogens (tertiary/aromatic N) is 2. The van der Waals surface area contributed by atoms with Crippen molar-refractivity contribution in [2.24, 2.45) is 0 Å². The lowest BCUT2D eigenvalue weighted by Crippen LogP contribution is -2.38. The summed E-state index contributed by atoms with van der Waals surface area (Å²) in [5.41, 5.74) is 6.88. The number of benzene rings is 2. The Balaban J connectivity index is 1.48. The van der Waals surface area contributed by atoms with Crippen LogP contribution < -0.4 is 10.1 Å². The number of aryl methyl sites for hydroxylation is 2. The van der Waals surface area contributed by atoms with Crippen molar-refractivity contribution in [3.05, 3.63) is 99.7 Å². The quantitative estimate of drug-likeness (QED) is 0.322. The van der Waals surface area contributed by atoms with Crippen molar-refractivity contribution in [2.75, 3.05) is 11.9 Å². The number of ether oxygens (including phenoxy) is 1. The first-order valence-corrected chi connectivity index (χ1v) is 13.6. The molecule has 2 amide bonds. The molecule has 1 atom stereocenters. The molecule has 184 valence electrons. The predicted molar refractivity (Wildman–Crippen MR) is 145 cm³/mol. The average molecular weight is 498 g/mol. The molecule has 6 rings (SSSR count). The number of carbonyl (C=O) groups excluding carboxylic acids is 1. The minimum absolute atomic E-state index is 0.121. The topological polar surface area (TPSA) is 46.5 Å². The van der Waals surface area contributed by atoms with Gasteiger partial charge < -0.3 is 19.5 Å². The smallest absolute Gasteiger partial charge is 0.323 e. The second-order valence-corrected chi connectivity index (χ2v) is 10.7. The number of amides is 2. The van der Waals surface area contributed by atoms with Gasteiger partial charge in [0.25, 0.3) is 0 Å². The molecule has 5 nitrogen and oxygen atoms in total. The largest absolute Gasteiger partial charge is 0.492 e. The SMILES string of the molecule is CCOc1ccccc1NC(=O)N1Cc2c(sc3c2CCCC3)-n2cccc2[C@@H]1c1ccc(C)cc1. The molecule has 2 aromatic heterocycles. The first-order chi connectivity index (χ1) is 17.6. The first kappa shape index (κ1) is 22.9. The predicted octanol–water partition coefficient (Wildman–Crippen LogP) is 7.26. The molecule has 0 bridgehead atoms. The molecule has 0 spiro atoms. The number of urea groups is 1. The molecule has 2 aliphatic rings. The van der Waals surface area contributed by atoms with E-state index in [4.69, 9.17) is 4.74 Å². The maximum Gasteiger partial charge on any atom is 0.323 e. The molecule has 4 aromatic rings. The zero-order valence-electron chi connectivity index (χ0n) is 20.8. The van der Waals surface area contributed by atoms with Gasteiger partial charge in [-0.15, -0.1) is 11.3 Å². The number of hydrogen-bond donors (Lipinski definition) is 1. The molecule has 6 heteroatoms. The first-order valence-electron chi connectivity index (χ1n) is 12.8. The van der Waals surface area contributed by atoms with E-state index >= 15 is 0 Å². The van der Waals surface area contributed by atoms with Crippen LogP contribution in [0.2, 0.25) is 0 Å². The molecule has 2 aromatic carbocycles. The van der Waals surface area contributed by atoms with Crippen molar-refractivity contribution >= 4 is 23.1 Å². The standard InChI is InChI=1S/C30H31N3O2S/c1-3-35-26-12-6-5-10-24(26)31-30(34)33-19-23-22-9-4-7-13-27(22)36-29(23)32-18-8-11-25(32)28(33)21-16-14-20(2)15-17-21/h5-6,8,10-12,14-18,28H,3-4,7,9,13,19H2,1-2H3,(H,31,34)/t28-/m0/s1. The van der Waals surface area contributed by atoms with Gasteiger partial charge in [-0.25, -0.2) is 4.79 Å². The molecule has 1 aliphatic carbocycles. The lowest BCUT2D eigenvalue weighted by molar-refractivity contribution is 0.194. The van der Waals surface area contributed by atoms with Crippen LogP contribution in [-0.2, 0) is 19.4 Å². The van der Waals surface area contributed by atoms with Gasteiger partial charge in [0.05, 0.1) is 30.6 Å². The van der Waals surface area contributed by atoms with Gasteiger partial charge in [-0.05, 0) is 74.9 Å². The van der Waals surface area contributed by atoms with Crippen molar-refractivity contribution in [1.82, 2.24) is 9.47 Å². The highest BCUT2D eigenvalue weighted by Gasteiger charge is 2.36. The van der Waals surface area contributed by atoms with E-state index in [9.17, 15) is 4.79 Å². The zero-order valence-corrected chi connectivity index (χ0v) is 21.6. The van der Waals surface area contributed by atoms with Gasteiger partial charge in [0.1, 0.15) is 10.8 Å². The Kier molecular flexibility index (Phi) is 6.05. The lowest BCUT2D eigenvalue weighted by atomic mass is 9.95. The van der Waals surface area contributed by atoms with Crippen LogP contribution in [0.3, 0.4) is 0 Å². The number of thiophene rings is 1. The Morgan fingerprint density at radius 2 is 1.83 bits per heavy atom. The minimum atomic E-state index is -0.210. The molecular weight excluding hydrogens is 466 g/mol. The third-order valence-corrected chi connectivity index (χ3v) is 8.59. The zero-order chi connectivity index (χ0) is 24.6. The fourth-order valence-electron chi connectivity index (χ4n) is 5.52. The average Bonchev–Trinajstić information content (AvgIpc) is 3.48. The molecule has 3 heterocycles. The number of rotatable bonds is 4. The maximum atomic E-state index is 14.1. The number of fused-ring (bicyclic) bond motifs is 5. The summed E-state index contributed by atoms with van der Waals surface area (Å²) in [6.45, 7) is 5.17. The van der Waals surface area contributed by atoms with Crippen LogP contribution in [0.15, 0.2) is 66.9 Å². The molecule has 0 unspecified atom stereocenters. The third-order valence-electron chi connectivity index (χ3n) is 7.26. The lowest BCUT2D eigenvalue weighted by Gasteiger charge is -2.31. The normalized spacial score (nSPS) is 16.5. The summed E-state index contributed by atoms with van der Waals surface area (Å²) in [5, 5.41) is 4.45. The Morgan fingerprint density at radius 3 is 2.67 bits per heavy atom. The highest BCUT2D eigenvalue weighted by atomic mass is 32.1. The van der Waals surface area contributed by atoms with E-state index in [0.717, 1.165) is 24.1 Å². The van der Waals surface area contributed by atoms with Crippen LogP contribution in [0.1, 0.15) is 58.6 Å². The second-order valence-electron chi connectivity index (χ2n) is 9.60. The molecule has 1 aliphatic heterocycles. The molecule has 36 heavy (non-hydrogen) atoms. The molecule has 0 saturated carbocycles. The van der Waals surface area contributed by atoms with E-state index in [0.29, 0.717) is 24.6 Å². The van der Waals surface area contributed by atoms with Gasteiger partial charge in [0, 0.05) is 16.6 Å². The van der Waals surface area contributed by atoms with Gasteiger partial charge in [0.2, 0.25) is 0 Å². The van der Waals surface area contributed by atoms with Gasteiger partial charge in [-0.3, -0.25) is 0 Å². The van der Waals surface area contributed by atoms with Gasteiger partial charge in [-0.2, -0.15) is 0 Å². The summed E-state index contributed by atoms with van der Waals surface area (Å²) < 4.78 is 8.12. The summed E-state index contributed by atoms with van der Waals surface area (Å²) >= 11 is 1.91. The summed E-state index contributed by atoms with van der Waals surface area (Å²) in [6.07, 6.45) is 6.84. The highest BCUT2D eigenvalue weighted by Crippen LogP contribution is 2.44. The summed E-state index contributed by atoms with van der Waals surface area (Å²) in [5.74, 6) is 0.687. The third kappa shape index (κ3) is 3.99. The molecule has 0 radical (unpaired) electrons. The number of anilines is 1. The van der Waals surface area contributed by atoms with E-state index < -0.39 is 0 Å². The number of hydrogen-bond acceptors (Lipinski definition) is 3. The van der Waals surface area contributed by atoms with Crippen molar-refractivity contribution < 1.29 is 9.53 Å².